The van der Waals surface area contributed by atoms with Crippen LogP contribution >= 0.6 is 0 Å². The molecular weight excluding hydrogens is 250 g/mol. The zero-order valence-electron chi connectivity index (χ0n) is 11.0. The average molecular weight is 265 g/mol. The third-order valence-corrected chi connectivity index (χ3v) is 3.57. The highest BCUT2D eigenvalue weighted by Crippen LogP contribution is 2.39. The molecule has 0 spiro atoms. The number of hydrogen-bond donors (Lipinski definition) is 1. The smallest absolute Gasteiger partial charge is 0.157 e. The molecule has 3 aromatic heterocycles. The van der Waals surface area contributed by atoms with Crippen LogP contribution in [0.5, 0.6) is 0 Å². The van der Waals surface area contributed by atoms with Crippen molar-refractivity contribution < 1.29 is 0 Å². The Morgan fingerprint density at radius 1 is 1.25 bits per heavy atom. The predicted molar refractivity (Wildman–Crippen MR) is 76.5 cm³/mol. The van der Waals surface area contributed by atoms with Gasteiger partial charge in [-0.25, -0.2) is 4.98 Å². The Kier molecular flexibility index (Phi) is 2.62. The van der Waals surface area contributed by atoms with Crippen molar-refractivity contribution in [3.63, 3.8) is 0 Å². The van der Waals surface area contributed by atoms with E-state index in [4.69, 9.17) is 0 Å². The number of hydrogen-bond acceptors (Lipinski definition) is 4. The molecule has 3 aromatic rings. The summed E-state index contributed by atoms with van der Waals surface area (Å²) in [5.74, 6) is 1.62. The van der Waals surface area contributed by atoms with Gasteiger partial charge in [0.05, 0.1) is 6.20 Å². The van der Waals surface area contributed by atoms with E-state index in [1.807, 2.05) is 22.8 Å². The number of rotatable bonds is 4. The number of nitrogens with one attached hydrogen (secondary N) is 1. The van der Waals surface area contributed by atoms with Crippen molar-refractivity contribution in [2.75, 3.05) is 5.32 Å². The van der Waals surface area contributed by atoms with Gasteiger partial charge in [0.25, 0.3) is 0 Å². The maximum atomic E-state index is 4.66. The zero-order valence-corrected chi connectivity index (χ0v) is 11.0. The largest absolute Gasteiger partial charge is 0.366 e. The van der Waals surface area contributed by atoms with Gasteiger partial charge in [-0.15, -0.1) is 0 Å². The van der Waals surface area contributed by atoms with Gasteiger partial charge in [-0.3, -0.25) is 4.98 Å². The van der Waals surface area contributed by atoms with Crippen molar-refractivity contribution in [2.24, 2.45) is 0 Å². The molecule has 0 atom stereocenters. The Bertz CT molecular complexity index is 730. The van der Waals surface area contributed by atoms with Crippen molar-refractivity contribution in [2.45, 2.75) is 25.3 Å². The molecule has 3 heterocycles. The van der Waals surface area contributed by atoms with Gasteiger partial charge in [-0.2, -0.15) is 9.61 Å². The van der Waals surface area contributed by atoms with E-state index >= 15 is 0 Å². The topological polar surface area (TPSA) is 55.1 Å². The lowest BCUT2D eigenvalue weighted by molar-refractivity contribution is 0.898. The highest BCUT2D eigenvalue weighted by molar-refractivity contribution is 5.50. The molecule has 0 aromatic carbocycles. The number of anilines is 1. The lowest BCUT2D eigenvalue weighted by atomic mass is 10.2. The molecule has 5 heteroatoms. The van der Waals surface area contributed by atoms with E-state index in [0.717, 1.165) is 23.6 Å². The summed E-state index contributed by atoms with van der Waals surface area (Å²) in [6.45, 7) is 0.733. The minimum Gasteiger partial charge on any atom is -0.366 e. The Hall–Kier alpha value is -2.43. The summed E-state index contributed by atoms with van der Waals surface area (Å²) in [7, 11) is 0. The van der Waals surface area contributed by atoms with Crippen molar-refractivity contribution >= 4 is 11.5 Å². The van der Waals surface area contributed by atoms with Crippen LogP contribution in [0.1, 0.15) is 30.0 Å². The van der Waals surface area contributed by atoms with Gasteiger partial charge >= 0.3 is 0 Å². The fourth-order valence-corrected chi connectivity index (χ4v) is 2.34. The second kappa shape index (κ2) is 4.59. The summed E-state index contributed by atoms with van der Waals surface area (Å²) < 4.78 is 1.85. The number of pyridine rings is 1. The lowest BCUT2D eigenvalue weighted by Gasteiger charge is -2.10. The molecule has 0 amide bonds. The number of fused-ring (bicyclic) bond motifs is 1. The normalized spacial score (nSPS) is 14.6. The van der Waals surface area contributed by atoms with E-state index in [-0.39, 0.29) is 0 Å². The van der Waals surface area contributed by atoms with E-state index in [0.29, 0.717) is 5.92 Å². The Morgan fingerprint density at radius 2 is 2.20 bits per heavy atom. The first-order valence-electron chi connectivity index (χ1n) is 6.87. The monoisotopic (exact) mass is 265 g/mol. The molecule has 4 rings (SSSR count). The van der Waals surface area contributed by atoms with E-state index in [2.05, 4.69) is 32.5 Å². The van der Waals surface area contributed by atoms with Gasteiger partial charge in [0.2, 0.25) is 0 Å². The quantitative estimate of drug-likeness (QED) is 0.788. The third-order valence-electron chi connectivity index (χ3n) is 3.57. The van der Waals surface area contributed by atoms with Crippen molar-refractivity contribution in [3.05, 3.63) is 54.1 Å². The minimum atomic E-state index is 0.633. The summed E-state index contributed by atoms with van der Waals surface area (Å²) in [5, 5.41) is 7.76. The molecule has 5 nitrogen and oxygen atoms in total. The van der Waals surface area contributed by atoms with Gasteiger partial charge < -0.3 is 5.32 Å². The van der Waals surface area contributed by atoms with Crippen LogP contribution in [0.4, 0.5) is 5.82 Å². The van der Waals surface area contributed by atoms with Gasteiger partial charge in [0.1, 0.15) is 5.82 Å². The first-order valence-corrected chi connectivity index (χ1v) is 6.87. The minimum absolute atomic E-state index is 0.633. The summed E-state index contributed by atoms with van der Waals surface area (Å²) in [6.07, 6.45) is 7.94. The number of nitrogens with zero attached hydrogens (tertiary/aromatic N) is 4. The van der Waals surface area contributed by atoms with Crippen molar-refractivity contribution in [1.29, 1.82) is 0 Å². The van der Waals surface area contributed by atoms with Crippen LogP contribution in [0, 0.1) is 0 Å². The van der Waals surface area contributed by atoms with Crippen LogP contribution in [-0.4, -0.2) is 19.6 Å². The van der Waals surface area contributed by atoms with Crippen LogP contribution < -0.4 is 5.32 Å². The Balaban J connectivity index is 1.65. The zero-order chi connectivity index (χ0) is 13.4. The van der Waals surface area contributed by atoms with Crippen LogP contribution in [0.3, 0.4) is 0 Å². The van der Waals surface area contributed by atoms with Crippen LogP contribution in [0.25, 0.3) is 5.65 Å². The highest BCUT2D eigenvalue weighted by Gasteiger charge is 2.26. The Morgan fingerprint density at radius 3 is 3.00 bits per heavy atom. The molecule has 0 unspecified atom stereocenters. The van der Waals surface area contributed by atoms with Crippen LogP contribution in [0.15, 0.2) is 42.9 Å². The summed E-state index contributed by atoms with van der Waals surface area (Å²) >= 11 is 0. The molecule has 20 heavy (non-hydrogen) atoms. The predicted octanol–water partition coefficient (Wildman–Crippen LogP) is 2.61. The number of aromatic nitrogens is 4. The summed E-state index contributed by atoms with van der Waals surface area (Å²) in [4.78, 5) is 8.79. The molecule has 1 aliphatic rings. The van der Waals surface area contributed by atoms with E-state index in [1.54, 1.807) is 12.4 Å². The molecule has 1 fully saturated rings. The fourth-order valence-electron chi connectivity index (χ4n) is 2.34. The standard InChI is InChI=1S/C15H15N5/c1-2-11(9-16-6-1)10-17-15-8-13(12-3-4-12)19-14-5-7-18-20(14)15/h1-2,5-9,12,17H,3-4,10H2. The maximum absolute atomic E-state index is 4.66. The average Bonchev–Trinajstić information content (AvgIpc) is 3.24. The van der Waals surface area contributed by atoms with E-state index < -0.39 is 0 Å². The molecule has 0 radical (unpaired) electrons. The Labute approximate surface area is 116 Å². The summed E-state index contributed by atoms with van der Waals surface area (Å²) in [5.41, 5.74) is 3.23. The molecule has 100 valence electrons. The van der Waals surface area contributed by atoms with Crippen molar-refractivity contribution in [1.82, 2.24) is 19.6 Å². The van der Waals surface area contributed by atoms with Gasteiger partial charge in [0.15, 0.2) is 5.65 Å². The third kappa shape index (κ3) is 2.11. The lowest BCUT2D eigenvalue weighted by Crippen LogP contribution is -2.07. The highest BCUT2D eigenvalue weighted by atomic mass is 15.3. The molecule has 1 N–H and O–H groups in total. The summed E-state index contributed by atoms with van der Waals surface area (Å²) in [6, 6.07) is 8.07. The fraction of sp³-hybridized carbons (Fsp3) is 0.267. The van der Waals surface area contributed by atoms with Gasteiger partial charge in [0, 0.05) is 42.7 Å². The van der Waals surface area contributed by atoms with Crippen molar-refractivity contribution in [3.8, 4) is 0 Å². The van der Waals surface area contributed by atoms with E-state index in [1.165, 1.54) is 18.5 Å². The second-order valence-corrected chi connectivity index (χ2v) is 5.16. The maximum Gasteiger partial charge on any atom is 0.157 e. The first kappa shape index (κ1) is 11.4. The second-order valence-electron chi connectivity index (χ2n) is 5.16. The molecule has 1 saturated carbocycles. The van der Waals surface area contributed by atoms with Gasteiger partial charge in [-0.05, 0) is 24.5 Å². The van der Waals surface area contributed by atoms with Gasteiger partial charge in [-0.1, -0.05) is 6.07 Å². The first-order chi connectivity index (χ1) is 9.90. The molecule has 1 aliphatic carbocycles. The van der Waals surface area contributed by atoms with Crippen LogP contribution in [0.2, 0.25) is 0 Å². The van der Waals surface area contributed by atoms with Crippen LogP contribution in [-0.2, 0) is 6.54 Å². The van der Waals surface area contributed by atoms with E-state index in [9.17, 15) is 0 Å². The molecule has 0 bridgehead atoms. The molecule has 0 saturated heterocycles. The SMILES string of the molecule is c1cncc(CNc2cc(C3CC3)nc3ccnn23)c1. The molecule has 0 aliphatic heterocycles. The molecular formula is C15H15N5.